The molecule has 4 aliphatic rings. The van der Waals surface area contributed by atoms with Crippen molar-refractivity contribution in [3.05, 3.63) is 35.1 Å². The summed E-state index contributed by atoms with van der Waals surface area (Å²) in [4.78, 5) is 38.2. The minimum absolute atomic E-state index is 0.0965. The summed E-state index contributed by atoms with van der Waals surface area (Å²) < 4.78 is 22.8. The van der Waals surface area contributed by atoms with Gasteiger partial charge in [0.2, 0.25) is 0 Å². The molecule has 2 heterocycles. The highest BCUT2D eigenvalue weighted by atomic mass is 16.6. The van der Waals surface area contributed by atoms with Gasteiger partial charge in [-0.2, -0.15) is 0 Å². The van der Waals surface area contributed by atoms with Crippen LogP contribution in [0.5, 0.6) is 11.5 Å². The number of likely N-dealkylation sites (N-methyl/N-ethyl adjacent to an activating group) is 1. The number of ether oxygens (including phenoxy) is 4. The summed E-state index contributed by atoms with van der Waals surface area (Å²) in [5, 5.41) is 12.2. The van der Waals surface area contributed by atoms with Crippen molar-refractivity contribution in [3.8, 4) is 11.5 Å². The van der Waals surface area contributed by atoms with E-state index in [-0.39, 0.29) is 24.7 Å². The Morgan fingerprint density at radius 3 is 2.71 bits per heavy atom. The van der Waals surface area contributed by atoms with Gasteiger partial charge < -0.3 is 29.0 Å². The van der Waals surface area contributed by atoms with E-state index in [1.54, 1.807) is 13.2 Å². The smallest absolute Gasteiger partial charge is 0.311 e. The molecule has 5 rings (SSSR count). The maximum absolute atomic E-state index is 12.7. The predicted octanol–water partition coefficient (Wildman–Crippen LogP) is 1.82. The minimum atomic E-state index is -1.09. The topological polar surface area (TPSA) is 112 Å². The summed E-state index contributed by atoms with van der Waals surface area (Å²) in [6, 6.07) is 3.82. The minimum Gasteiger partial charge on any atom is -0.493 e. The molecule has 0 saturated carbocycles. The Bertz CT molecular complexity index is 1130. The van der Waals surface area contributed by atoms with Crippen molar-refractivity contribution < 1.29 is 38.4 Å². The molecule has 9 heteroatoms. The van der Waals surface area contributed by atoms with Crippen LogP contribution in [0.25, 0.3) is 0 Å². The molecule has 35 heavy (non-hydrogen) atoms. The zero-order chi connectivity index (χ0) is 25.1. The van der Waals surface area contributed by atoms with Gasteiger partial charge in [0.25, 0.3) is 0 Å². The number of ketones is 1. The third-order valence-electron chi connectivity index (χ3n) is 8.20. The number of piperidine rings is 1. The van der Waals surface area contributed by atoms with E-state index in [1.165, 1.54) is 13.8 Å². The van der Waals surface area contributed by atoms with E-state index in [0.717, 1.165) is 17.7 Å². The highest BCUT2D eigenvalue weighted by molar-refractivity contribution is 5.84. The lowest BCUT2D eigenvalue weighted by Crippen LogP contribution is -2.74. The number of aliphatic hydroxyl groups is 1. The average Bonchev–Trinajstić information content (AvgIpc) is 3.17. The molecule has 0 aromatic heterocycles. The van der Waals surface area contributed by atoms with Crippen LogP contribution in [0.1, 0.15) is 50.7 Å². The fourth-order valence-corrected chi connectivity index (χ4v) is 6.31. The second-order valence-corrected chi connectivity index (χ2v) is 10.0. The molecule has 5 atom stereocenters. The number of Topliss-reactive ketones (excluding diaryl/α,β-unsaturated/α-hetero) is 1. The fraction of sp³-hybridized carbons (Fsp3) is 0.577. The molecule has 1 N–H and O–H groups in total. The number of carbonyl (C=O) groups is 3. The lowest BCUT2D eigenvalue weighted by Gasteiger charge is -2.61. The summed E-state index contributed by atoms with van der Waals surface area (Å²) in [6.07, 6.45) is 1.46. The van der Waals surface area contributed by atoms with Crippen molar-refractivity contribution in [2.24, 2.45) is 0 Å². The molecule has 1 spiro atoms. The molecule has 1 fully saturated rings. The molecule has 0 unspecified atom stereocenters. The molecule has 9 nitrogen and oxygen atoms in total. The van der Waals surface area contributed by atoms with Crippen LogP contribution in [-0.4, -0.2) is 72.3 Å². The van der Waals surface area contributed by atoms with E-state index in [4.69, 9.17) is 18.9 Å². The molecule has 1 saturated heterocycles. The second kappa shape index (κ2) is 8.34. The van der Waals surface area contributed by atoms with E-state index < -0.39 is 35.2 Å². The molecule has 0 amide bonds. The van der Waals surface area contributed by atoms with E-state index in [1.807, 2.05) is 19.2 Å². The van der Waals surface area contributed by atoms with Crippen molar-refractivity contribution in [3.63, 3.8) is 0 Å². The Kier molecular flexibility index (Phi) is 5.68. The lowest BCUT2D eigenvalue weighted by atomic mass is 9.50. The predicted molar refractivity (Wildman–Crippen MR) is 123 cm³/mol. The molecule has 2 aliphatic carbocycles. The Morgan fingerprint density at radius 1 is 1.26 bits per heavy atom. The van der Waals surface area contributed by atoms with E-state index >= 15 is 0 Å². The van der Waals surface area contributed by atoms with Gasteiger partial charge in [0, 0.05) is 18.0 Å². The summed E-state index contributed by atoms with van der Waals surface area (Å²) in [5.74, 6) is 0.0238. The van der Waals surface area contributed by atoms with Gasteiger partial charge in [-0.15, -0.1) is 0 Å². The van der Waals surface area contributed by atoms with Crippen LogP contribution in [0.4, 0.5) is 0 Å². The van der Waals surface area contributed by atoms with Crippen LogP contribution < -0.4 is 9.47 Å². The van der Waals surface area contributed by atoms with E-state index in [0.29, 0.717) is 36.5 Å². The number of benzene rings is 1. The average molecular weight is 486 g/mol. The molecule has 188 valence electrons. The molecule has 2 aliphatic heterocycles. The van der Waals surface area contributed by atoms with Gasteiger partial charge in [-0.25, -0.2) is 0 Å². The molecule has 1 aromatic rings. The highest BCUT2D eigenvalue weighted by Gasteiger charge is 2.72. The number of nitrogens with zero attached hydrogens (tertiary/aromatic N) is 1. The molecular formula is C26H31NO8. The first-order valence-electron chi connectivity index (χ1n) is 12.0. The van der Waals surface area contributed by atoms with Gasteiger partial charge in [0.15, 0.2) is 29.5 Å². The third kappa shape index (κ3) is 3.39. The Morgan fingerprint density at radius 2 is 2.00 bits per heavy atom. The number of hydrogen-bond donors (Lipinski definition) is 1. The van der Waals surface area contributed by atoms with E-state index in [2.05, 4.69) is 4.90 Å². The van der Waals surface area contributed by atoms with Crippen molar-refractivity contribution >= 4 is 17.7 Å². The van der Waals surface area contributed by atoms with Gasteiger partial charge in [-0.3, -0.25) is 14.4 Å². The Labute approximate surface area is 204 Å². The second-order valence-electron chi connectivity index (χ2n) is 10.0. The largest absolute Gasteiger partial charge is 0.493 e. The monoisotopic (exact) mass is 485 g/mol. The third-order valence-corrected chi connectivity index (χ3v) is 8.20. The van der Waals surface area contributed by atoms with Gasteiger partial charge in [-0.05, 0) is 58.0 Å². The number of carbonyl (C=O) groups excluding carboxylic acids is 3. The first-order chi connectivity index (χ1) is 16.6. The maximum Gasteiger partial charge on any atom is 0.311 e. The number of methoxy groups -OCH3 is 1. The zero-order valence-electron chi connectivity index (χ0n) is 20.5. The molecular weight excluding hydrogens is 454 g/mol. The number of esters is 2. The van der Waals surface area contributed by atoms with Crippen LogP contribution in [0, 0.1) is 0 Å². The maximum atomic E-state index is 12.7. The number of hydrogen-bond acceptors (Lipinski definition) is 9. The number of likely N-dealkylation sites (tertiary alicyclic amines) is 1. The van der Waals surface area contributed by atoms with Crippen LogP contribution in [-0.2, 0) is 35.7 Å². The first kappa shape index (κ1) is 23.8. The summed E-state index contributed by atoms with van der Waals surface area (Å²) in [6.45, 7) is 3.59. The zero-order valence-corrected chi connectivity index (χ0v) is 20.5. The van der Waals surface area contributed by atoms with Crippen molar-refractivity contribution in [1.82, 2.24) is 4.90 Å². The van der Waals surface area contributed by atoms with Crippen LogP contribution >= 0.6 is 0 Å². The van der Waals surface area contributed by atoms with Gasteiger partial charge in [-0.1, -0.05) is 6.07 Å². The van der Waals surface area contributed by atoms with Crippen molar-refractivity contribution in [2.45, 2.75) is 75.2 Å². The molecule has 1 aromatic carbocycles. The van der Waals surface area contributed by atoms with Gasteiger partial charge in [0.05, 0.1) is 31.0 Å². The molecule has 0 radical (unpaired) electrons. The highest BCUT2D eigenvalue weighted by Crippen LogP contribution is 2.65. The van der Waals surface area contributed by atoms with Crippen LogP contribution in [0.15, 0.2) is 24.0 Å². The number of rotatable bonds is 7. The van der Waals surface area contributed by atoms with Crippen LogP contribution in [0.3, 0.4) is 0 Å². The van der Waals surface area contributed by atoms with Crippen molar-refractivity contribution in [1.29, 1.82) is 0 Å². The van der Waals surface area contributed by atoms with Gasteiger partial charge in [0.1, 0.15) is 5.76 Å². The van der Waals surface area contributed by atoms with Crippen molar-refractivity contribution in [2.75, 3.05) is 20.7 Å². The Balaban J connectivity index is 1.41. The quantitative estimate of drug-likeness (QED) is 0.578. The summed E-state index contributed by atoms with van der Waals surface area (Å²) in [7, 11) is 3.61. The van der Waals surface area contributed by atoms with E-state index in [9.17, 15) is 19.5 Å². The fourth-order valence-electron chi connectivity index (χ4n) is 6.31. The summed E-state index contributed by atoms with van der Waals surface area (Å²) in [5.41, 5.74) is 0.219. The lowest BCUT2D eigenvalue weighted by molar-refractivity contribution is -0.169. The standard InChI is InChI=1S/C26H31NO8/c1-14(28)15(2)33-20(29)7-8-21(30)34-18-9-10-26(31)19-13-16-5-6-17(32-4)23-22(16)25(26,24(18)35-23)11-12-27(19)3/h5-6,9,15,19,24,31H,7-8,10-13H2,1-4H3/t15-,19+,24-,25-,26+/m0/s1. The van der Waals surface area contributed by atoms with Crippen LogP contribution in [0.2, 0.25) is 0 Å². The van der Waals surface area contributed by atoms with Gasteiger partial charge >= 0.3 is 11.9 Å². The first-order valence-corrected chi connectivity index (χ1v) is 12.0. The normalized spacial score (nSPS) is 30.9. The summed E-state index contributed by atoms with van der Waals surface area (Å²) >= 11 is 0. The molecule has 2 bridgehead atoms. The Hall–Kier alpha value is -2.91. The SMILES string of the molecule is COc1ccc2c3c1O[C@H]1C(OC(=O)CCC(=O)O[C@@H](C)C(C)=O)=CC[C@@]4(O)[C@@H](C2)N(C)CC[C@]314.